The summed E-state index contributed by atoms with van der Waals surface area (Å²) in [5.41, 5.74) is 2.86. The summed E-state index contributed by atoms with van der Waals surface area (Å²) in [6.07, 6.45) is 16.7. The van der Waals surface area contributed by atoms with Crippen LogP contribution in [0.25, 0.3) is 16.8 Å². The Balaban J connectivity index is 0.000000161. The van der Waals surface area contributed by atoms with Crippen LogP contribution >= 0.6 is 0 Å². The van der Waals surface area contributed by atoms with Crippen LogP contribution in [-0.4, -0.2) is 48.3 Å². The van der Waals surface area contributed by atoms with Gasteiger partial charge in [-0.05, 0) is 25.0 Å². The molecule has 3 heterocycles. The molecular weight excluding hydrogens is 340 g/mol. The van der Waals surface area contributed by atoms with Gasteiger partial charge >= 0.3 is 0 Å². The van der Waals surface area contributed by atoms with Crippen LogP contribution in [0.15, 0.2) is 49.7 Å². The maximum absolute atomic E-state index is 11.2. The lowest BCUT2D eigenvalue weighted by atomic mass is 9.94. The lowest BCUT2D eigenvalue weighted by Gasteiger charge is -2.30. The number of aromatic nitrogens is 5. The van der Waals surface area contributed by atoms with Crippen LogP contribution in [0, 0.1) is 0 Å². The van der Waals surface area contributed by atoms with Crippen molar-refractivity contribution >= 4 is 11.4 Å². The van der Waals surface area contributed by atoms with Gasteiger partial charge in [-0.3, -0.25) is 14.5 Å². The van der Waals surface area contributed by atoms with E-state index in [4.69, 9.17) is 0 Å². The zero-order chi connectivity index (χ0) is 19.2. The number of carbonyl (C=O) groups excluding carboxylic acids is 1. The van der Waals surface area contributed by atoms with Crippen molar-refractivity contribution in [2.24, 2.45) is 7.05 Å². The molecule has 0 bridgehead atoms. The lowest BCUT2D eigenvalue weighted by molar-refractivity contribution is -0.127. The van der Waals surface area contributed by atoms with E-state index < -0.39 is 0 Å². The molecule has 0 aliphatic heterocycles. The first-order valence-corrected chi connectivity index (χ1v) is 9.26. The van der Waals surface area contributed by atoms with E-state index in [1.54, 1.807) is 27.8 Å². The van der Waals surface area contributed by atoms with Gasteiger partial charge in [0, 0.05) is 31.9 Å². The number of amides is 1. The second-order valence-corrected chi connectivity index (χ2v) is 6.82. The van der Waals surface area contributed by atoms with Crippen molar-refractivity contribution in [1.82, 2.24) is 29.3 Å². The second kappa shape index (κ2) is 8.62. The summed E-state index contributed by atoms with van der Waals surface area (Å²) in [7, 11) is 3.76. The Bertz CT molecular complexity index is 906. The number of hydrogen-bond acceptors (Lipinski definition) is 4. The molecule has 0 radical (unpaired) electrons. The third-order valence-corrected chi connectivity index (χ3v) is 4.93. The molecule has 1 fully saturated rings. The van der Waals surface area contributed by atoms with E-state index in [0.29, 0.717) is 6.04 Å². The van der Waals surface area contributed by atoms with Crippen LogP contribution in [0.3, 0.4) is 0 Å². The molecular formula is C20H26N6O. The maximum Gasteiger partial charge on any atom is 0.245 e. The average Bonchev–Trinajstić information content (AvgIpc) is 3.36. The van der Waals surface area contributed by atoms with Crippen LogP contribution in [0.2, 0.25) is 0 Å². The van der Waals surface area contributed by atoms with Crippen molar-refractivity contribution in [2.45, 2.75) is 38.1 Å². The maximum atomic E-state index is 11.2. The normalized spacial score (nSPS) is 14.4. The molecule has 3 aromatic rings. The molecule has 1 aliphatic rings. The summed E-state index contributed by atoms with van der Waals surface area (Å²) in [6, 6.07) is 2.38. The zero-order valence-electron chi connectivity index (χ0n) is 16.0. The summed E-state index contributed by atoms with van der Waals surface area (Å²) < 4.78 is 3.56. The van der Waals surface area contributed by atoms with Gasteiger partial charge in [-0.25, -0.2) is 4.52 Å². The monoisotopic (exact) mass is 366 g/mol. The predicted octanol–water partition coefficient (Wildman–Crippen LogP) is 3.09. The SMILES string of the molecule is C=CC(=O)N(C)C1CCCCC1.Cn1cc(-c2cn3nccc3cn2)cn1. The summed E-state index contributed by atoms with van der Waals surface area (Å²) in [4.78, 5) is 17.4. The van der Waals surface area contributed by atoms with Crippen LogP contribution in [0.4, 0.5) is 0 Å². The molecule has 1 saturated carbocycles. The second-order valence-electron chi connectivity index (χ2n) is 6.82. The number of rotatable bonds is 3. The molecule has 142 valence electrons. The van der Waals surface area contributed by atoms with E-state index in [2.05, 4.69) is 21.8 Å². The molecule has 27 heavy (non-hydrogen) atoms. The number of aryl methyl sites for hydroxylation is 1. The topological polar surface area (TPSA) is 68.3 Å². The quantitative estimate of drug-likeness (QED) is 0.668. The highest BCUT2D eigenvalue weighted by Gasteiger charge is 2.19. The summed E-state index contributed by atoms with van der Waals surface area (Å²) in [5.74, 6) is 0.0573. The first kappa shape index (κ1) is 18.8. The Morgan fingerprint density at radius 1 is 1.22 bits per heavy atom. The summed E-state index contributed by atoms with van der Waals surface area (Å²) in [6.45, 7) is 3.49. The minimum Gasteiger partial charge on any atom is -0.339 e. The molecule has 7 nitrogen and oxygen atoms in total. The van der Waals surface area contributed by atoms with Crippen molar-refractivity contribution < 1.29 is 4.79 Å². The predicted molar refractivity (Wildman–Crippen MR) is 105 cm³/mol. The smallest absolute Gasteiger partial charge is 0.245 e. The van der Waals surface area contributed by atoms with Gasteiger partial charge in [0.05, 0.1) is 36.0 Å². The van der Waals surface area contributed by atoms with E-state index in [1.165, 1.54) is 25.3 Å². The van der Waals surface area contributed by atoms with Gasteiger partial charge in [0.1, 0.15) is 0 Å². The number of likely N-dealkylation sites (N-methyl/N-ethyl adjacent to an activating group) is 1. The highest BCUT2D eigenvalue weighted by atomic mass is 16.2. The molecule has 0 unspecified atom stereocenters. The molecule has 0 N–H and O–H groups in total. The van der Waals surface area contributed by atoms with Gasteiger partial charge in [0.25, 0.3) is 0 Å². The first-order valence-electron chi connectivity index (χ1n) is 9.26. The highest BCUT2D eigenvalue weighted by molar-refractivity contribution is 5.87. The Hall–Kier alpha value is -2.96. The summed E-state index contributed by atoms with van der Waals surface area (Å²) >= 11 is 0. The van der Waals surface area contributed by atoms with Crippen molar-refractivity contribution in [3.05, 3.63) is 49.7 Å². The molecule has 0 atom stereocenters. The molecule has 1 aliphatic carbocycles. The first-order chi connectivity index (χ1) is 13.1. The molecule has 0 saturated heterocycles. The Morgan fingerprint density at radius 3 is 2.67 bits per heavy atom. The van der Waals surface area contributed by atoms with Crippen molar-refractivity contribution in [3.8, 4) is 11.3 Å². The number of hydrogen-bond donors (Lipinski definition) is 0. The molecule has 7 heteroatoms. The number of nitrogens with zero attached hydrogens (tertiary/aromatic N) is 6. The van der Waals surface area contributed by atoms with Gasteiger partial charge in [-0.2, -0.15) is 10.2 Å². The Kier molecular flexibility index (Phi) is 6.01. The van der Waals surface area contributed by atoms with E-state index >= 15 is 0 Å². The Morgan fingerprint density at radius 2 is 2.00 bits per heavy atom. The van der Waals surface area contributed by atoms with E-state index in [0.717, 1.165) is 29.6 Å². The van der Waals surface area contributed by atoms with Gasteiger partial charge in [0.15, 0.2) is 0 Å². The fraction of sp³-hybridized carbons (Fsp3) is 0.400. The number of fused-ring (bicyclic) bond motifs is 1. The van der Waals surface area contributed by atoms with Gasteiger partial charge in [-0.15, -0.1) is 0 Å². The molecule has 0 aromatic carbocycles. The van der Waals surface area contributed by atoms with Crippen LogP contribution in [-0.2, 0) is 11.8 Å². The lowest BCUT2D eigenvalue weighted by Crippen LogP contribution is -2.37. The van der Waals surface area contributed by atoms with Gasteiger partial charge in [-0.1, -0.05) is 25.8 Å². The average molecular weight is 366 g/mol. The zero-order valence-corrected chi connectivity index (χ0v) is 16.0. The molecule has 0 spiro atoms. The largest absolute Gasteiger partial charge is 0.339 e. The van der Waals surface area contributed by atoms with Gasteiger partial charge in [0.2, 0.25) is 5.91 Å². The molecule has 4 rings (SSSR count). The third kappa shape index (κ3) is 4.61. The highest BCUT2D eigenvalue weighted by Crippen LogP contribution is 2.21. The van der Waals surface area contributed by atoms with E-state index in [-0.39, 0.29) is 5.91 Å². The summed E-state index contributed by atoms with van der Waals surface area (Å²) in [5, 5.41) is 8.27. The van der Waals surface area contributed by atoms with Crippen LogP contribution in [0.1, 0.15) is 32.1 Å². The third-order valence-electron chi connectivity index (χ3n) is 4.93. The van der Waals surface area contributed by atoms with Crippen molar-refractivity contribution in [2.75, 3.05) is 7.05 Å². The van der Waals surface area contributed by atoms with Crippen LogP contribution < -0.4 is 0 Å². The standard InChI is InChI=1S/C10H9N5.C10H17NO/c1-14-6-8(4-13-14)10-7-15-9(5-11-10)2-3-12-15;1-3-10(12)11(2)9-7-5-4-6-8-9/h2-7H,1H3;3,9H,1,4-8H2,2H3. The van der Waals surface area contributed by atoms with Crippen LogP contribution in [0.5, 0.6) is 0 Å². The minimum absolute atomic E-state index is 0.0573. The van der Waals surface area contributed by atoms with Crippen molar-refractivity contribution in [1.29, 1.82) is 0 Å². The molecule has 3 aromatic heterocycles. The minimum atomic E-state index is 0.0573. The fourth-order valence-electron chi connectivity index (χ4n) is 3.31. The fourth-order valence-corrected chi connectivity index (χ4v) is 3.31. The Labute approximate surface area is 159 Å². The van der Waals surface area contributed by atoms with E-state index in [9.17, 15) is 4.79 Å². The number of carbonyl (C=O) groups is 1. The van der Waals surface area contributed by atoms with E-state index in [1.807, 2.05) is 37.5 Å². The van der Waals surface area contributed by atoms with Crippen molar-refractivity contribution in [3.63, 3.8) is 0 Å². The molecule has 1 amide bonds. The van der Waals surface area contributed by atoms with Gasteiger partial charge < -0.3 is 4.90 Å².